The molecule has 1 atom stereocenters. The van der Waals surface area contributed by atoms with Gasteiger partial charge in [0.15, 0.2) is 0 Å². The molecular formula is C14H19BrN2O3. The predicted octanol–water partition coefficient (Wildman–Crippen LogP) is 2.60. The lowest BCUT2D eigenvalue weighted by Gasteiger charge is -2.37. The smallest absolute Gasteiger partial charge is 0.363 e. The number of carbonyl (C=O) groups excluding carboxylic acids is 1. The van der Waals surface area contributed by atoms with Gasteiger partial charge in [-0.1, -0.05) is 0 Å². The zero-order valence-electron chi connectivity index (χ0n) is 11.9. The zero-order valence-corrected chi connectivity index (χ0v) is 13.5. The van der Waals surface area contributed by atoms with Crippen LogP contribution in [0.2, 0.25) is 0 Å². The summed E-state index contributed by atoms with van der Waals surface area (Å²) in [5.74, 6) is 0.180. The third kappa shape index (κ3) is 4.18. The molecule has 0 aliphatic carbocycles. The summed E-state index contributed by atoms with van der Waals surface area (Å²) in [6, 6.07) is 1.78. The van der Waals surface area contributed by atoms with Crippen LogP contribution in [0.3, 0.4) is 0 Å². The fourth-order valence-corrected chi connectivity index (χ4v) is 2.13. The molecule has 0 amide bonds. The van der Waals surface area contributed by atoms with Gasteiger partial charge >= 0.3 is 5.97 Å². The van der Waals surface area contributed by atoms with E-state index < -0.39 is 11.8 Å². The van der Waals surface area contributed by atoms with E-state index in [0.29, 0.717) is 5.75 Å². The van der Waals surface area contributed by atoms with Crippen LogP contribution >= 0.6 is 15.9 Å². The molecule has 0 saturated carbocycles. The van der Waals surface area contributed by atoms with Crippen molar-refractivity contribution in [2.45, 2.75) is 39.0 Å². The predicted molar refractivity (Wildman–Crippen MR) is 78.4 cm³/mol. The minimum atomic E-state index is -0.709. The highest BCUT2D eigenvalue weighted by Gasteiger charge is 2.35. The third-order valence-corrected chi connectivity index (χ3v) is 3.19. The van der Waals surface area contributed by atoms with Crippen molar-refractivity contribution in [2.75, 3.05) is 13.1 Å². The van der Waals surface area contributed by atoms with Crippen LogP contribution in [0.25, 0.3) is 0 Å². The number of rotatable bonds is 4. The highest BCUT2D eigenvalue weighted by Crippen LogP contribution is 2.22. The average molecular weight is 343 g/mol. The Labute approximate surface area is 127 Å². The molecule has 1 aliphatic rings. The van der Waals surface area contributed by atoms with Crippen molar-refractivity contribution >= 4 is 21.9 Å². The molecule has 2 rings (SSSR count). The fraction of sp³-hybridized carbons (Fsp3) is 0.571. The van der Waals surface area contributed by atoms with Crippen LogP contribution < -0.4 is 4.74 Å². The Bertz CT molecular complexity index is 484. The molecule has 1 aromatic rings. The van der Waals surface area contributed by atoms with Gasteiger partial charge in [-0.3, -0.25) is 9.88 Å². The van der Waals surface area contributed by atoms with Gasteiger partial charge < -0.3 is 9.47 Å². The quantitative estimate of drug-likeness (QED) is 0.787. The van der Waals surface area contributed by atoms with Gasteiger partial charge in [0, 0.05) is 23.8 Å². The molecule has 6 heteroatoms. The number of halogens is 1. The Hall–Kier alpha value is -1.14. The van der Waals surface area contributed by atoms with E-state index in [2.05, 4.69) is 20.9 Å². The molecule has 2 heterocycles. The van der Waals surface area contributed by atoms with E-state index in [9.17, 15) is 4.79 Å². The van der Waals surface area contributed by atoms with Gasteiger partial charge in [-0.25, -0.2) is 4.79 Å². The SMILES string of the molecule is CC(C)(C)OC(=O)[C@H](Oc1cncc(Br)c1)N1CCC1. The lowest BCUT2D eigenvalue weighted by atomic mass is 10.2. The molecule has 0 radical (unpaired) electrons. The van der Waals surface area contributed by atoms with Crippen LogP contribution in [0.5, 0.6) is 5.75 Å². The van der Waals surface area contributed by atoms with Crippen molar-refractivity contribution in [1.82, 2.24) is 9.88 Å². The van der Waals surface area contributed by atoms with Gasteiger partial charge in [0.25, 0.3) is 6.23 Å². The minimum Gasteiger partial charge on any atom is -0.462 e. The summed E-state index contributed by atoms with van der Waals surface area (Å²) < 4.78 is 12.0. The van der Waals surface area contributed by atoms with Gasteiger partial charge in [0.05, 0.1) is 6.20 Å². The summed E-state index contributed by atoms with van der Waals surface area (Å²) >= 11 is 3.33. The first-order valence-corrected chi connectivity index (χ1v) is 7.38. The Kier molecular flexibility index (Phi) is 4.65. The number of aromatic nitrogens is 1. The summed E-state index contributed by atoms with van der Waals surface area (Å²) in [6.07, 6.45) is 3.61. The van der Waals surface area contributed by atoms with E-state index in [1.165, 1.54) is 0 Å². The Morgan fingerprint density at radius 1 is 1.40 bits per heavy atom. The molecule has 5 nitrogen and oxygen atoms in total. The van der Waals surface area contributed by atoms with Crippen LogP contribution in [0.1, 0.15) is 27.2 Å². The highest BCUT2D eigenvalue weighted by atomic mass is 79.9. The minimum absolute atomic E-state index is 0.364. The van der Waals surface area contributed by atoms with E-state index in [1.54, 1.807) is 18.5 Å². The molecule has 1 fully saturated rings. The Morgan fingerprint density at radius 2 is 2.10 bits per heavy atom. The topological polar surface area (TPSA) is 51.7 Å². The summed E-state index contributed by atoms with van der Waals surface area (Å²) in [4.78, 5) is 18.2. The van der Waals surface area contributed by atoms with Crippen molar-refractivity contribution in [3.05, 3.63) is 22.9 Å². The summed E-state index contributed by atoms with van der Waals surface area (Å²) in [7, 11) is 0. The van der Waals surface area contributed by atoms with Gasteiger partial charge in [-0.2, -0.15) is 0 Å². The van der Waals surface area contributed by atoms with Gasteiger partial charge in [-0.15, -0.1) is 0 Å². The molecule has 0 spiro atoms. The molecule has 1 saturated heterocycles. The fourth-order valence-electron chi connectivity index (χ4n) is 1.78. The second-order valence-corrected chi connectivity index (χ2v) is 6.65. The molecule has 0 bridgehead atoms. The number of carbonyl (C=O) groups is 1. The highest BCUT2D eigenvalue weighted by molar-refractivity contribution is 9.10. The largest absolute Gasteiger partial charge is 0.462 e. The van der Waals surface area contributed by atoms with Crippen molar-refractivity contribution < 1.29 is 14.3 Å². The second-order valence-electron chi connectivity index (χ2n) is 5.73. The van der Waals surface area contributed by atoms with E-state index in [4.69, 9.17) is 9.47 Å². The average Bonchev–Trinajstić information content (AvgIpc) is 2.23. The summed E-state index contributed by atoms with van der Waals surface area (Å²) in [6.45, 7) is 7.22. The molecule has 20 heavy (non-hydrogen) atoms. The van der Waals surface area contributed by atoms with E-state index in [0.717, 1.165) is 24.0 Å². The maximum atomic E-state index is 12.3. The van der Waals surface area contributed by atoms with Crippen molar-refractivity contribution in [1.29, 1.82) is 0 Å². The van der Waals surface area contributed by atoms with Gasteiger partial charge in [-0.05, 0) is 49.2 Å². The number of pyridine rings is 1. The monoisotopic (exact) mass is 342 g/mol. The summed E-state index contributed by atoms with van der Waals surface area (Å²) in [5, 5.41) is 0. The maximum Gasteiger partial charge on any atom is 0.363 e. The van der Waals surface area contributed by atoms with Crippen LogP contribution in [0.4, 0.5) is 0 Å². The number of nitrogens with zero attached hydrogens (tertiary/aromatic N) is 2. The zero-order chi connectivity index (χ0) is 14.8. The first-order valence-electron chi connectivity index (χ1n) is 6.59. The number of ether oxygens (including phenoxy) is 2. The Morgan fingerprint density at radius 3 is 2.60 bits per heavy atom. The number of esters is 1. The van der Waals surface area contributed by atoms with Crippen molar-refractivity contribution in [2.24, 2.45) is 0 Å². The van der Waals surface area contributed by atoms with Crippen LogP contribution in [-0.4, -0.2) is 40.8 Å². The first kappa shape index (κ1) is 15.3. The molecular weight excluding hydrogens is 324 g/mol. The molecule has 0 aromatic carbocycles. The van der Waals surface area contributed by atoms with Gasteiger partial charge in [0.2, 0.25) is 0 Å². The molecule has 1 aromatic heterocycles. The number of hydrogen-bond donors (Lipinski definition) is 0. The first-order chi connectivity index (χ1) is 9.35. The molecule has 0 unspecified atom stereocenters. The lowest BCUT2D eigenvalue weighted by molar-refractivity contribution is -0.176. The molecule has 0 N–H and O–H groups in total. The second kappa shape index (κ2) is 6.10. The molecule has 1 aliphatic heterocycles. The molecule has 110 valence electrons. The van der Waals surface area contributed by atoms with Crippen molar-refractivity contribution in [3.8, 4) is 5.75 Å². The normalized spacial score (nSPS) is 17.2. The third-order valence-electron chi connectivity index (χ3n) is 2.76. The van der Waals surface area contributed by atoms with E-state index in [1.807, 2.05) is 25.7 Å². The van der Waals surface area contributed by atoms with Gasteiger partial charge in [0.1, 0.15) is 11.4 Å². The summed E-state index contributed by atoms with van der Waals surface area (Å²) in [5.41, 5.74) is -0.529. The number of likely N-dealkylation sites (tertiary alicyclic amines) is 1. The van der Waals surface area contributed by atoms with Crippen molar-refractivity contribution in [3.63, 3.8) is 0 Å². The Balaban J connectivity index is 2.09. The maximum absolute atomic E-state index is 12.3. The standard InChI is InChI=1S/C14H19BrN2O3/c1-14(2,3)20-13(18)12(17-5-4-6-17)19-11-7-10(15)8-16-9-11/h7-9,12H,4-6H2,1-3H3/t12-/m0/s1. The van der Waals surface area contributed by atoms with E-state index in [-0.39, 0.29) is 5.97 Å². The van der Waals surface area contributed by atoms with Crippen LogP contribution in [-0.2, 0) is 9.53 Å². The van der Waals surface area contributed by atoms with Crippen LogP contribution in [0.15, 0.2) is 22.9 Å². The van der Waals surface area contributed by atoms with Crippen LogP contribution in [0, 0.1) is 0 Å². The lowest BCUT2D eigenvalue weighted by Crippen LogP contribution is -2.53. The number of hydrogen-bond acceptors (Lipinski definition) is 5. The van der Waals surface area contributed by atoms with E-state index >= 15 is 0 Å².